The van der Waals surface area contributed by atoms with Crippen molar-refractivity contribution in [2.45, 2.75) is 0 Å². The summed E-state index contributed by atoms with van der Waals surface area (Å²) in [5.41, 5.74) is 3.28. The second-order valence-electron chi connectivity index (χ2n) is 4.42. The van der Waals surface area contributed by atoms with Gasteiger partial charge in [0, 0.05) is 17.5 Å². The first-order valence-corrected chi connectivity index (χ1v) is 7.50. The molecule has 0 aliphatic rings. The molecule has 2 aromatic carbocycles. The molecule has 0 radical (unpaired) electrons. The molecular formula is C16H13ClN2S. The van der Waals surface area contributed by atoms with E-state index in [0.29, 0.717) is 0 Å². The second kappa shape index (κ2) is 5.65. The highest BCUT2D eigenvalue weighted by atomic mass is 35.5. The van der Waals surface area contributed by atoms with Gasteiger partial charge in [-0.3, -0.25) is 0 Å². The van der Waals surface area contributed by atoms with Crippen LogP contribution in [0.2, 0.25) is 5.02 Å². The van der Waals surface area contributed by atoms with Gasteiger partial charge in [-0.15, -0.1) is 11.3 Å². The van der Waals surface area contributed by atoms with Gasteiger partial charge >= 0.3 is 0 Å². The normalized spacial score (nSPS) is 11.8. The SMILES string of the molecule is Cn1c(-c2ccccc2)csc1=Nc1ccc(Cl)cc1. The maximum atomic E-state index is 5.89. The largest absolute Gasteiger partial charge is 0.320 e. The van der Waals surface area contributed by atoms with Crippen LogP contribution in [0.3, 0.4) is 0 Å². The molecule has 0 fully saturated rings. The lowest BCUT2D eigenvalue weighted by atomic mass is 10.2. The number of nitrogens with zero attached hydrogens (tertiary/aromatic N) is 2. The van der Waals surface area contributed by atoms with E-state index in [0.717, 1.165) is 15.5 Å². The van der Waals surface area contributed by atoms with Gasteiger partial charge in [-0.2, -0.15) is 0 Å². The molecule has 0 bridgehead atoms. The first-order valence-electron chi connectivity index (χ1n) is 6.24. The molecule has 2 nitrogen and oxygen atoms in total. The summed E-state index contributed by atoms with van der Waals surface area (Å²) in [6.45, 7) is 0. The molecule has 0 aliphatic carbocycles. The average molecular weight is 301 g/mol. The molecule has 0 saturated heterocycles. The minimum atomic E-state index is 0.726. The highest BCUT2D eigenvalue weighted by molar-refractivity contribution is 7.07. The number of hydrogen-bond donors (Lipinski definition) is 0. The molecule has 1 heterocycles. The van der Waals surface area contributed by atoms with Crippen molar-refractivity contribution in [2.75, 3.05) is 0 Å². The Kier molecular flexibility index (Phi) is 3.72. The van der Waals surface area contributed by atoms with E-state index in [2.05, 4.69) is 27.1 Å². The number of hydrogen-bond acceptors (Lipinski definition) is 2. The molecule has 4 heteroatoms. The molecule has 0 amide bonds. The molecule has 0 unspecified atom stereocenters. The Bertz CT molecular complexity index is 770. The van der Waals surface area contributed by atoms with E-state index in [1.165, 1.54) is 11.3 Å². The summed E-state index contributed by atoms with van der Waals surface area (Å²) < 4.78 is 2.11. The lowest BCUT2D eigenvalue weighted by Crippen LogP contribution is -2.10. The summed E-state index contributed by atoms with van der Waals surface area (Å²) >= 11 is 7.52. The first kappa shape index (κ1) is 13.2. The van der Waals surface area contributed by atoms with E-state index in [-0.39, 0.29) is 0 Å². The topological polar surface area (TPSA) is 17.3 Å². The minimum absolute atomic E-state index is 0.726. The van der Waals surface area contributed by atoms with Gasteiger partial charge < -0.3 is 4.57 Å². The Balaban J connectivity index is 2.04. The molecule has 3 rings (SSSR count). The van der Waals surface area contributed by atoms with Crippen molar-refractivity contribution in [1.29, 1.82) is 0 Å². The van der Waals surface area contributed by atoms with Gasteiger partial charge in [0.25, 0.3) is 0 Å². The molecule has 0 saturated carbocycles. The third-order valence-corrected chi connectivity index (χ3v) is 4.21. The number of rotatable bonds is 2. The fraction of sp³-hybridized carbons (Fsp3) is 0.0625. The predicted octanol–water partition coefficient (Wildman–Crippen LogP) is 4.64. The van der Waals surface area contributed by atoms with E-state index < -0.39 is 0 Å². The molecule has 100 valence electrons. The second-order valence-corrected chi connectivity index (χ2v) is 5.69. The van der Waals surface area contributed by atoms with Gasteiger partial charge in [0.2, 0.25) is 0 Å². The summed E-state index contributed by atoms with van der Waals surface area (Å²) in [6, 6.07) is 17.9. The number of aromatic nitrogens is 1. The van der Waals surface area contributed by atoms with Crippen molar-refractivity contribution in [1.82, 2.24) is 4.57 Å². The molecule has 0 aliphatic heterocycles. The van der Waals surface area contributed by atoms with Crippen LogP contribution in [0.1, 0.15) is 0 Å². The van der Waals surface area contributed by atoms with Crippen LogP contribution in [0.5, 0.6) is 0 Å². The summed E-state index contributed by atoms with van der Waals surface area (Å²) in [4.78, 5) is 5.61. The quantitative estimate of drug-likeness (QED) is 0.656. The fourth-order valence-corrected chi connectivity index (χ4v) is 3.02. The van der Waals surface area contributed by atoms with Gasteiger partial charge in [-0.25, -0.2) is 4.99 Å². The van der Waals surface area contributed by atoms with Crippen molar-refractivity contribution in [3.05, 3.63) is 69.8 Å². The van der Waals surface area contributed by atoms with Crippen LogP contribution in [0, 0.1) is 0 Å². The van der Waals surface area contributed by atoms with Crippen molar-refractivity contribution < 1.29 is 0 Å². The van der Waals surface area contributed by atoms with Crippen LogP contribution in [0.15, 0.2) is 65.0 Å². The monoisotopic (exact) mass is 300 g/mol. The standard InChI is InChI=1S/C16H13ClN2S/c1-19-15(12-5-3-2-4-6-12)11-20-16(19)18-14-9-7-13(17)8-10-14/h2-11H,1H3. The molecule has 0 N–H and O–H groups in total. The Morgan fingerprint density at radius 2 is 1.70 bits per heavy atom. The highest BCUT2D eigenvalue weighted by Gasteiger charge is 2.03. The zero-order chi connectivity index (χ0) is 13.9. The first-order chi connectivity index (χ1) is 9.74. The highest BCUT2D eigenvalue weighted by Crippen LogP contribution is 2.20. The average Bonchev–Trinajstić information content (AvgIpc) is 2.84. The number of thiazole rings is 1. The Hall–Kier alpha value is -1.84. The molecule has 0 atom stereocenters. The third kappa shape index (κ3) is 2.69. The molecular weight excluding hydrogens is 288 g/mol. The van der Waals surface area contributed by atoms with Gasteiger partial charge in [-0.1, -0.05) is 41.9 Å². The molecule has 1 aromatic heterocycles. The van der Waals surface area contributed by atoms with Crippen LogP contribution in [0.25, 0.3) is 11.3 Å². The van der Waals surface area contributed by atoms with Gasteiger partial charge in [0.15, 0.2) is 4.80 Å². The van der Waals surface area contributed by atoms with Crippen molar-refractivity contribution in [2.24, 2.45) is 12.0 Å². The van der Waals surface area contributed by atoms with Crippen LogP contribution in [-0.2, 0) is 7.05 Å². The van der Waals surface area contributed by atoms with Gasteiger partial charge in [0.1, 0.15) is 0 Å². The Morgan fingerprint density at radius 1 is 1.00 bits per heavy atom. The van der Waals surface area contributed by atoms with Gasteiger partial charge in [0.05, 0.1) is 11.4 Å². The summed E-state index contributed by atoms with van der Waals surface area (Å²) in [7, 11) is 2.04. The maximum Gasteiger partial charge on any atom is 0.190 e. The smallest absolute Gasteiger partial charge is 0.190 e. The van der Waals surface area contributed by atoms with E-state index in [1.54, 1.807) is 11.3 Å². The van der Waals surface area contributed by atoms with Gasteiger partial charge in [-0.05, 0) is 29.8 Å². The third-order valence-electron chi connectivity index (χ3n) is 3.05. The Morgan fingerprint density at radius 3 is 2.40 bits per heavy atom. The van der Waals surface area contributed by atoms with E-state index in [1.807, 2.05) is 49.5 Å². The zero-order valence-corrected chi connectivity index (χ0v) is 12.5. The molecule has 20 heavy (non-hydrogen) atoms. The molecule has 3 aromatic rings. The fourth-order valence-electron chi connectivity index (χ4n) is 1.97. The zero-order valence-electron chi connectivity index (χ0n) is 11.0. The summed E-state index contributed by atoms with van der Waals surface area (Å²) in [5.74, 6) is 0. The van der Waals surface area contributed by atoms with Crippen molar-refractivity contribution in [3.63, 3.8) is 0 Å². The Labute approximate surface area is 126 Å². The molecule has 0 spiro atoms. The van der Waals surface area contributed by atoms with Crippen molar-refractivity contribution in [3.8, 4) is 11.3 Å². The lowest BCUT2D eigenvalue weighted by Gasteiger charge is -2.02. The minimum Gasteiger partial charge on any atom is -0.320 e. The summed E-state index contributed by atoms with van der Waals surface area (Å²) in [6.07, 6.45) is 0. The van der Waals surface area contributed by atoms with E-state index in [4.69, 9.17) is 11.6 Å². The van der Waals surface area contributed by atoms with Crippen molar-refractivity contribution >= 4 is 28.6 Å². The van der Waals surface area contributed by atoms with Crippen LogP contribution >= 0.6 is 22.9 Å². The van der Waals surface area contributed by atoms with E-state index >= 15 is 0 Å². The predicted molar refractivity (Wildman–Crippen MR) is 85.4 cm³/mol. The summed E-state index contributed by atoms with van der Waals surface area (Å²) in [5, 5.41) is 2.86. The number of halogens is 1. The lowest BCUT2D eigenvalue weighted by molar-refractivity contribution is 0.883. The number of benzene rings is 2. The van der Waals surface area contributed by atoms with Crippen LogP contribution in [0.4, 0.5) is 5.69 Å². The van der Waals surface area contributed by atoms with Crippen LogP contribution < -0.4 is 4.80 Å². The maximum absolute atomic E-state index is 5.89. The van der Waals surface area contributed by atoms with Crippen LogP contribution in [-0.4, -0.2) is 4.57 Å². The van der Waals surface area contributed by atoms with E-state index in [9.17, 15) is 0 Å².